The molecule has 1 aliphatic heterocycles. The zero-order valence-electron chi connectivity index (χ0n) is 14.5. The molecule has 146 valence electrons. The van der Waals surface area contributed by atoms with Crippen LogP contribution in [0.1, 0.15) is 22.2 Å². The Bertz CT molecular complexity index is 1100. The maximum absolute atomic E-state index is 12.8. The zero-order chi connectivity index (χ0) is 20.5. The van der Waals surface area contributed by atoms with E-state index in [1.807, 2.05) is 0 Å². The van der Waals surface area contributed by atoms with Gasteiger partial charge in [0.1, 0.15) is 17.0 Å². The van der Waals surface area contributed by atoms with E-state index in [2.05, 4.69) is 15.9 Å². The normalized spacial score (nSPS) is 15.4. The van der Waals surface area contributed by atoms with Crippen LogP contribution < -0.4 is 0 Å². The molecule has 0 N–H and O–H groups in total. The lowest BCUT2D eigenvalue weighted by Crippen LogP contribution is -2.36. The number of thiophene rings is 1. The summed E-state index contributed by atoms with van der Waals surface area (Å²) in [6.07, 6.45) is 1.33. The number of hydrogen-bond donors (Lipinski definition) is 0. The Morgan fingerprint density at radius 2 is 1.93 bits per heavy atom. The largest absolute Gasteiger partial charge is 0.462 e. The first kappa shape index (κ1) is 20.4. The monoisotopic (exact) mass is 483 g/mol. The van der Waals surface area contributed by atoms with Gasteiger partial charge in [-0.25, -0.2) is 17.5 Å². The van der Waals surface area contributed by atoms with Crippen molar-refractivity contribution in [2.24, 2.45) is 0 Å². The molecule has 2 heterocycles. The number of carbonyl (C=O) groups excluding carboxylic acids is 3. The van der Waals surface area contributed by atoms with Crippen LogP contribution >= 0.6 is 27.3 Å². The summed E-state index contributed by atoms with van der Waals surface area (Å²) < 4.78 is 31.4. The highest BCUT2D eigenvalue weighted by molar-refractivity contribution is 9.11. The number of sulfonamides is 1. The number of esters is 1. The first-order valence-electron chi connectivity index (χ1n) is 8.09. The first-order chi connectivity index (χ1) is 13.3. The van der Waals surface area contributed by atoms with Crippen LogP contribution in [0.3, 0.4) is 0 Å². The Labute approximate surface area is 173 Å². The van der Waals surface area contributed by atoms with Crippen LogP contribution in [0.25, 0.3) is 6.08 Å². The van der Waals surface area contributed by atoms with Crippen LogP contribution in [0, 0.1) is 0 Å². The second-order valence-electron chi connectivity index (χ2n) is 5.66. The minimum Gasteiger partial charge on any atom is -0.462 e. The number of fused-ring (bicyclic) bond motifs is 1. The maximum Gasteiger partial charge on any atom is 0.341 e. The first-order valence-corrected chi connectivity index (χ1v) is 11.1. The Kier molecular flexibility index (Phi) is 5.82. The second-order valence-corrected chi connectivity index (χ2v) is 9.98. The van der Waals surface area contributed by atoms with Crippen LogP contribution in [0.4, 0.5) is 0 Å². The molecule has 10 heteroatoms. The van der Waals surface area contributed by atoms with E-state index in [0.717, 1.165) is 3.79 Å². The SMILES string of the molecule is CCOC(=O)C(=Cc1ccc(Br)s1)C(=O)CN1C(=O)c2ccccc2S1(=O)=O. The van der Waals surface area contributed by atoms with Crippen molar-refractivity contribution in [3.8, 4) is 0 Å². The summed E-state index contributed by atoms with van der Waals surface area (Å²) in [5.41, 5.74) is -0.325. The third-order valence-corrected chi connectivity index (χ3v) is 7.23. The number of ether oxygens (including phenoxy) is 1. The fourth-order valence-electron chi connectivity index (χ4n) is 2.61. The number of ketones is 1. The van der Waals surface area contributed by atoms with E-state index in [9.17, 15) is 22.8 Å². The van der Waals surface area contributed by atoms with Crippen molar-refractivity contribution >= 4 is 61.0 Å². The summed E-state index contributed by atoms with van der Waals surface area (Å²) in [5.74, 6) is -2.50. The van der Waals surface area contributed by atoms with Gasteiger partial charge in [0.25, 0.3) is 15.9 Å². The third-order valence-electron chi connectivity index (χ3n) is 3.88. The van der Waals surface area contributed by atoms with E-state index >= 15 is 0 Å². The van der Waals surface area contributed by atoms with Crippen molar-refractivity contribution in [2.75, 3.05) is 13.2 Å². The van der Waals surface area contributed by atoms with Crippen molar-refractivity contribution in [3.63, 3.8) is 0 Å². The van der Waals surface area contributed by atoms with Gasteiger partial charge in [-0.15, -0.1) is 11.3 Å². The number of Topliss-reactive ketones (excluding diaryl/α,β-unsaturated/α-hetero) is 1. The predicted molar refractivity (Wildman–Crippen MR) is 106 cm³/mol. The average Bonchev–Trinajstić information content (AvgIpc) is 3.15. The van der Waals surface area contributed by atoms with Gasteiger partial charge in [-0.3, -0.25) is 9.59 Å². The summed E-state index contributed by atoms with van der Waals surface area (Å²) in [6, 6.07) is 9.15. The Balaban J connectivity index is 1.94. The number of amides is 1. The molecule has 0 atom stereocenters. The lowest BCUT2D eigenvalue weighted by molar-refractivity contribution is -0.139. The second kappa shape index (κ2) is 7.98. The number of carbonyl (C=O) groups is 3. The van der Waals surface area contributed by atoms with E-state index in [-0.39, 0.29) is 22.6 Å². The number of nitrogens with zero attached hydrogens (tertiary/aromatic N) is 1. The van der Waals surface area contributed by atoms with Crippen molar-refractivity contribution in [1.29, 1.82) is 0 Å². The molecule has 0 bridgehead atoms. The number of halogens is 1. The van der Waals surface area contributed by atoms with Gasteiger partial charge in [0.15, 0.2) is 5.78 Å². The van der Waals surface area contributed by atoms with Gasteiger partial charge in [0, 0.05) is 4.88 Å². The third kappa shape index (κ3) is 3.80. The topological polar surface area (TPSA) is 97.8 Å². The molecule has 1 aromatic heterocycles. The summed E-state index contributed by atoms with van der Waals surface area (Å²) in [5, 5.41) is 0. The van der Waals surface area contributed by atoms with Crippen LogP contribution in [-0.2, 0) is 24.3 Å². The van der Waals surface area contributed by atoms with Crippen LogP contribution in [0.5, 0.6) is 0 Å². The van der Waals surface area contributed by atoms with Gasteiger partial charge in [0.05, 0.1) is 16.0 Å². The van der Waals surface area contributed by atoms with Gasteiger partial charge in [-0.1, -0.05) is 12.1 Å². The predicted octanol–water partition coefficient (Wildman–Crippen LogP) is 2.87. The standard InChI is InChI=1S/C18H14BrNO6S2/c1-2-26-18(23)13(9-11-7-8-16(19)27-11)14(21)10-20-17(22)12-5-3-4-6-15(12)28(20,24)25/h3-9H,2,10H2,1H3. The fourth-order valence-corrected chi connectivity index (χ4v) is 5.51. The fraction of sp³-hybridized carbons (Fsp3) is 0.167. The van der Waals surface area contributed by atoms with Crippen LogP contribution in [0.2, 0.25) is 0 Å². The molecule has 1 aliphatic rings. The maximum atomic E-state index is 12.8. The lowest BCUT2D eigenvalue weighted by Gasteiger charge is -2.15. The molecule has 0 unspecified atom stereocenters. The number of rotatable bonds is 6. The number of hydrogen-bond acceptors (Lipinski definition) is 7. The summed E-state index contributed by atoms with van der Waals surface area (Å²) in [4.78, 5) is 38.0. The average molecular weight is 484 g/mol. The van der Waals surface area contributed by atoms with Crippen molar-refractivity contribution < 1.29 is 27.5 Å². The summed E-state index contributed by atoms with van der Waals surface area (Å²) >= 11 is 4.58. The molecular formula is C18H14BrNO6S2. The molecule has 0 spiro atoms. The Hall–Kier alpha value is -2.30. The van der Waals surface area contributed by atoms with E-state index in [1.165, 1.54) is 41.7 Å². The van der Waals surface area contributed by atoms with Gasteiger partial charge in [-0.2, -0.15) is 0 Å². The lowest BCUT2D eigenvalue weighted by atomic mass is 10.1. The van der Waals surface area contributed by atoms with Gasteiger partial charge < -0.3 is 4.74 Å². The molecule has 2 aromatic rings. The van der Waals surface area contributed by atoms with E-state index in [0.29, 0.717) is 9.18 Å². The molecule has 0 saturated carbocycles. The quantitative estimate of drug-likeness (QED) is 0.271. The molecular weight excluding hydrogens is 470 g/mol. The van der Waals surface area contributed by atoms with Crippen molar-refractivity contribution in [1.82, 2.24) is 4.31 Å². The van der Waals surface area contributed by atoms with Crippen molar-refractivity contribution in [2.45, 2.75) is 11.8 Å². The molecule has 0 aliphatic carbocycles. The molecule has 0 saturated heterocycles. The van der Waals surface area contributed by atoms with Crippen LogP contribution in [-0.4, -0.2) is 43.5 Å². The highest BCUT2D eigenvalue weighted by Gasteiger charge is 2.42. The van der Waals surface area contributed by atoms with E-state index in [4.69, 9.17) is 4.74 Å². The highest BCUT2D eigenvalue weighted by Crippen LogP contribution is 2.30. The zero-order valence-corrected chi connectivity index (χ0v) is 17.8. The van der Waals surface area contributed by atoms with Gasteiger partial charge in [-0.05, 0) is 53.2 Å². The number of benzene rings is 1. The summed E-state index contributed by atoms with van der Waals surface area (Å²) in [6.45, 7) is 0.851. The molecule has 7 nitrogen and oxygen atoms in total. The molecule has 0 radical (unpaired) electrons. The molecule has 3 rings (SSSR count). The minimum absolute atomic E-state index is 0.000785. The minimum atomic E-state index is -4.15. The van der Waals surface area contributed by atoms with E-state index < -0.39 is 34.2 Å². The highest BCUT2D eigenvalue weighted by atomic mass is 79.9. The Morgan fingerprint density at radius 3 is 2.54 bits per heavy atom. The van der Waals surface area contributed by atoms with Gasteiger partial charge in [0.2, 0.25) is 0 Å². The van der Waals surface area contributed by atoms with Crippen molar-refractivity contribution in [3.05, 3.63) is 56.2 Å². The Morgan fingerprint density at radius 1 is 1.21 bits per heavy atom. The smallest absolute Gasteiger partial charge is 0.341 e. The molecule has 1 aromatic carbocycles. The van der Waals surface area contributed by atoms with Gasteiger partial charge >= 0.3 is 5.97 Å². The van der Waals surface area contributed by atoms with E-state index in [1.54, 1.807) is 19.1 Å². The molecule has 1 amide bonds. The molecule has 0 fully saturated rings. The molecule has 28 heavy (non-hydrogen) atoms. The summed E-state index contributed by atoms with van der Waals surface area (Å²) in [7, 11) is -4.15. The van der Waals surface area contributed by atoms with Crippen LogP contribution in [0.15, 0.2) is 50.7 Å².